The Balaban J connectivity index is 1.76. The van der Waals surface area contributed by atoms with E-state index in [4.69, 9.17) is 0 Å². The molecular formula is C18H29N. The van der Waals surface area contributed by atoms with Crippen LogP contribution in [0.5, 0.6) is 0 Å². The minimum atomic E-state index is 0.631. The average molecular weight is 259 g/mol. The first-order valence-corrected chi connectivity index (χ1v) is 7.97. The van der Waals surface area contributed by atoms with Gasteiger partial charge in [-0.1, -0.05) is 49.6 Å². The first kappa shape index (κ1) is 14.6. The zero-order valence-electron chi connectivity index (χ0n) is 12.8. The largest absolute Gasteiger partial charge is 0.311 e. The first-order chi connectivity index (χ1) is 9.15. The number of benzene rings is 1. The molecule has 0 spiro atoms. The lowest BCUT2D eigenvalue weighted by Crippen LogP contribution is -2.42. The smallest absolute Gasteiger partial charge is 0.00951 e. The molecule has 2 rings (SSSR count). The molecule has 0 bridgehead atoms. The van der Waals surface area contributed by atoms with Crippen LogP contribution in [0.2, 0.25) is 0 Å². The molecule has 0 saturated heterocycles. The molecule has 1 nitrogen and oxygen atoms in total. The lowest BCUT2D eigenvalue weighted by atomic mass is 9.85. The van der Waals surface area contributed by atoms with E-state index in [1.54, 1.807) is 0 Å². The van der Waals surface area contributed by atoms with Crippen LogP contribution < -0.4 is 5.32 Å². The molecule has 1 fully saturated rings. The monoisotopic (exact) mass is 259 g/mol. The standard InChI is InChI=1S/C18H29N/c1-14-7-6-9-17(13-14)12-11-16(3)19-18-10-5-4-8-15(18)2/h6-7,9,13,15-16,18-19H,4-5,8,10-12H2,1-3H3. The van der Waals surface area contributed by atoms with E-state index in [9.17, 15) is 0 Å². The summed E-state index contributed by atoms with van der Waals surface area (Å²) in [7, 11) is 0. The Morgan fingerprint density at radius 1 is 1.26 bits per heavy atom. The van der Waals surface area contributed by atoms with Crippen molar-refractivity contribution in [3.8, 4) is 0 Å². The number of hydrogen-bond acceptors (Lipinski definition) is 1. The Hall–Kier alpha value is -0.820. The van der Waals surface area contributed by atoms with Gasteiger partial charge in [-0.2, -0.15) is 0 Å². The summed E-state index contributed by atoms with van der Waals surface area (Å²) < 4.78 is 0. The second kappa shape index (κ2) is 7.09. The van der Waals surface area contributed by atoms with Gasteiger partial charge < -0.3 is 5.32 Å². The third kappa shape index (κ3) is 4.65. The zero-order valence-corrected chi connectivity index (χ0v) is 12.8. The summed E-state index contributed by atoms with van der Waals surface area (Å²) in [6, 6.07) is 10.3. The fraction of sp³-hybridized carbons (Fsp3) is 0.667. The number of hydrogen-bond donors (Lipinski definition) is 1. The summed E-state index contributed by atoms with van der Waals surface area (Å²) in [6.07, 6.45) is 8.05. The second-order valence-corrected chi connectivity index (χ2v) is 6.46. The molecule has 19 heavy (non-hydrogen) atoms. The molecule has 1 aromatic rings. The van der Waals surface area contributed by atoms with Gasteiger partial charge in [-0.15, -0.1) is 0 Å². The van der Waals surface area contributed by atoms with Gasteiger partial charge >= 0.3 is 0 Å². The van der Waals surface area contributed by atoms with Gasteiger partial charge in [0.05, 0.1) is 0 Å². The lowest BCUT2D eigenvalue weighted by molar-refractivity contribution is 0.258. The van der Waals surface area contributed by atoms with E-state index in [1.807, 2.05) is 0 Å². The van der Waals surface area contributed by atoms with Crippen LogP contribution in [0.4, 0.5) is 0 Å². The van der Waals surface area contributed by atoms with E-state index in [0.717, 1.165) is 12.0 Å². The minimum Gasteiger partial charge on any atom is -0.311 e. The van der Waals surface area contributed by atoms with Crippen LogP contribution in [0.25, 0.3) is 0 Å². The van der Waals surface area contributed by atoms with Gasteiger partial charge in [-0.3, -0.25) is 0 Å². The van der Waals surface area contributed by atoms with Crippen molar-refractivity contribution in [1.82, 2.24) is 5.32 Å². The van der Waals surface area contributed by atoms with Crippen molar-refractivity contribution in [2.24, 2.45) is 5.92 Å². The zero-order chi connectivity index (χ0) is 13.7. The van der Waals surface area contributed by atoms with Crippen LogP contribution >= 0.6 is 0 Å². The van der Waals surface area contributed by atoms with Crippen LogP contribution in [0, 0.1) is 12.8 Å². The molecule has 1 aliphatic carbocycles. The molecule has 0 aliphatic heterocycles. The Morgan fingerprint density at radius 3 is 2.79 bits per heavy atom. The molecule has 3 unspecified atom stereocenters. The summed E-state index contributed by atoms with van der Waals surface area (Å²) in [5.41, 5.74) is 2.85. The van der Waals surface area contributed by atoms with E-state index < -0.39 is 0 Å². The van der Waals surface area contributed by atoms with E-state index in [-0.39, 0.29) is 0 Å². The summed E-state index contributed by atoms with van der Waals surface area (Å²) in [4.78, 5) is 0. The first-order valence-electron chi connectivity index (χ1n) is 7.97. The fourth-order valence-electron chi connectivity index (χ4n) is 3.26. The van der Waals surface area contributed by atoms with E-state index >= 15 is 0 Å². The molecule has 0 radical (unpaired) electrons. The molecule has 106 valence electrons. The molecule has 1 heteroatoms. The van der Waals surface area contributed by atoms with Crippen molar-refractivity contribution in [2.45, 2.75) is 71.4 Å². The van der Waals surface area contributed by atoms with E-state index in [2.05, 4.69) is 50.4 Å². The topological polar surface area (TPSA) is 12.0 Å². The molecule has 1 aliphatic rings. The maximum Gasteiger partial charge on any atom is 0.00951 e. The van der Waals surface area contributed by atoms with Crippen LogP contribution in [0.15, 0.2) is 24.3 Å². The van der Waals surface area contributed by atoms with Gasteiger partial charge in [0.2, 0.25) is 0 Å². The predicted molar refractivity (Wildman–Crippen MR) is 83.5 cm³/mol. The normalized spacial score (nSPS) is 25.2. The summed E-state index contributed by atoms with van der Waals surface area (Å²) in [5.74, 6) is 0.857. The second-order valence-electron chi connectivity index (χ2n) is 6.46. The van der Waals surface area contributed by atoms with Gasteiger partial charge in [0.25, 0.3) is 0 Å². The molecular weight excluding hydrogens is 230 g/mol. The highest BCUT2D eigenvalue weighted by atomic mass is 14.9. The Labute approximate surface area is 118 Å². The maximum atomic E-state index is 3.85. The third-order valence-corrected chi connectivity index (χ3v) is 4.56. The predicted octanol–water partition coefficient (Wildman–Crippen LogP) is 4.48. The minimum absolute atomic E-state index is 0.631. The molecule has 0 heterocycles. The SMILES string of the molecule is Cc1cccc(CCC(C)NC2CCCCC2C)c1. The molecule has 0 amide bonds. The van der Waals surface area contributed by atoms with Gasteiger partial charge in [0, 0.05) is 12.1 Å². The Bertz CT molecular complexity index is 385. The molecule has 3 atom stereocenters. The highest BCUT2D eigenvalue weighted by Crippen LogP contribution is 2.24. The molecule has 1 N–H and O–H groups in total. The van der Waals surface area contributed by atoms with Gasteiger partial charge in [-0.05, 0) is 51.0 Å². The van der Waals surface area contributed by atoms with E-state index in [0.29, 0.717) is 6.04 Å². The average Bonchev–Trinajstić information content (AvgIpc) is 2.39. The van der Waals surface area contributed by atoms with Gasteiger partial charge in [0.1, 0.15) is 0 Å². The number of rotatable bonds is 5. The van der Waals surface area contributed by atoms with Crippen molar-refractivity contribution >= 4 is 0 Å². The summed E-state index contributed by atoms with van der Waals surface area (Å²) in [6.45, 7) is 6.93. The Kier molecular flexibility index (Phi) is 5.45. The molecule has 1 saturated carbocycles. The number of nitrogens with one attached hydrogen (secondary N) is 1. The van der Waals surface area contributed by atoms with Crippen LogP contribution in [-0.4, -0.2) is 12.1 Å². The van der Waals surface area contributed by atoms with Gasteiger partial charge in [0.15, 0.2) is 0 Å². The molecule has 1 aromatic carbocycles. The summed E-state index contributed by atoms with van der Waals surface area (Å²) >= 11 is 0. The molecule has 0 aromatic heterocycles. The van der Waals surface area contributed by atoms with Crippen molar-refractivity contribution in [2.75, 3.05) is 0 Å². The maximum absolute atomic E-state index is 3.85. The Morgan fingerprint density at radius 2 is 2.05 bits per heavy atom. The highest BCUT2D eigenvalue weighted by molar-refractivity contribution is 5.22. The van der Waals surface area contributed by atoms with Gasteiger partial charge in [-0.25, -0.2) is 0 Å². The van der Waals surface area contributed by atoms with Crippen LogP contribution in [0.3, 0.4) is 0 Å². The summed E-state index contributed by atoms with van der Waals surface area (Å²) in [5, 5.41) is 3.85. The fourth-order valence-corrected chi connectivity index (χ4v) is 3.26. The van der Waals surface area contributed by atoms with E-state index in [1.165, 1.54) is 49.7 Å². The third-order valence-electron chi connectivity index (χ3n) is 4.56. The quantitative estimate of drug-likeness (QED) is 0.822. The highest BCUT2D eigenvalue weighted by Gasteiger charge is 2.22. The number of aryl methyl sites for hydroxylation is 2. The van der Waals surface area contributed by atoms with Crippen LogP contribution in [0.1, 0.15) is 57.1 Å². The van der Waals surface area contributed by atoms with Crippen molar-refractivity contribution in [3.63, 3.8) is 0 Å². The van der Waals surface area contributed by atoms with Crippen molar-refractivity contribution < 1.29 is 0 Å². The lowest BCUT2D eigenvalue weighted by Gasteiger charge is -2.32. The van der Waals surface area contributed by atoms with Crippen LogP contribution in [-0.2, 0) is 6.42 Å². The van der Waals surface area contributed by atoms with Crippen molar-refractivity contribution in [3.05, 3.63) is 35.4 Å². The van der Waals surface area contributed by atoms with Crippen molar-refractivity contribution in [1.29, 1.82) is 0 Å².